The number of halogens is 1. The zero-order valence-electron chi connectivity index (χ0n) is 10.6. The summed E-state index contributed by atoms with van der Waals surface area (Å²) in [5, 5.41) is 0. The van der Waals surface area contributed by atoms with Crippen molar-refractivity contribution < 1.29 is 9.59 Å². The van der Waals surface area contributed by atoms with E-state index in [9.17, 15) is 9.59 Å². The number of carbonyl (C=O) groups is 2. The van der Waals surface area contributed by atoms with Crippen LogP contribution in [0.3, 0.4) is 0 Å². The summed E-state index contributed by atoms with van der Waals surface area (Å²) in [6.45, 7) is 0.757. The second-order valence-electron chi connectivity index (χ2n) is 4.63. The van der Waals surface area contributed by atoms with Gasteiger partial charge in [0.05, 0.1) is 9.21 Å². The fourth-order valence-corrected chi connectivity index (χ4v) is 3.30. The van der Waals surface area contributed by atoms with Crippen LogP contribution in [-0.4, -0.2) is 18.2 Å². The van der Waals surface area contributed by atoms with Crippen LogP contribution in [0.25, 0.3) is 0 Å². The molecule has 0 radical (unpaired) electrons. The average molecular weight is 306 g/mol. The normalized spacial score (nSPS) is 14.8. The van der Waals surface area contributed by atoms with Gasteiger partial charge in [0, 0.05) is 24.2 Å². The number of carbonyl (C=O) groups excluding carboxylic acids is 2. The Balaban J connectivity index is 1.82. The number of rotatable bonds is 3. The molecule has 2 aromatic rings. The molecule has 20 heavy (non-hydrogen) atoms. The lowest BCUT2D eigenvalue weighted by atomic mass is 10.1. The number of hydrogen-bond acceptors (Lipinski definition) is 3. The first kappa shape index (κ1) is 13.3. The molecule has 0 bridgehead atoms. The molecule has 1 aliphatic heterocycles. The Bertz CT molecular complexity index is 663. The van der Waals surface area contributed by atoms with Gasteiger partial charge in [-0.3, -0.25) is 9.59 Å². The molecule has 1 fully saturated rings. The summed E-state index contributed by atoms with van der Waals surface area (Å²) < 4.78 is 0.604. The third-order valence-corrected chi connectivity index (χ3v) is 4.54. The van der Waals surface area contributed by atoms with Gasteiger partial charge in [-0.05, 0) is 42.8 Å². The maximum absolute atomic E-state index is 12.2. The number of thiophene rings is 1. The van der Waals surface area contributed by atoms with Crippen LogP contribution in [0.5, 0.6) is 0 Å². The number of benzene rings is 1. The molecule has 0 saturated carbocycles. The van der Waals surface area contributed by atoms with Crippen molar-refractivity contribution in [2.45, 2.75) is 12.8 Å². The molecule has 1 aromatic heterocycles. The van der Waals surface area contributed by atoms with Crippen molar-refractivity contribution in [1.29, 1.82) is 0 Å². The molecule has 1 saturated heterocycles. The van der Waals surface area contributed by atoms with Crippen LogP contribution in [0.2, 0.25) is 4.34 Å². The van der Waals surface area contributed by atoms with E-state index in [1.165, 1.54) is 11.3 Å². The lowest BCUT2D eigenvalue weighted by molar-refractivity contribution is -0.117. The molecule has 2 heterocycles. The third kappa shape index (κ3) is 2.49. The van der Waals surface area contributed by atoms with Crippen LogP contribution in [0.15, 0.2) is 36.4 Å². The average Bonchev–Trinajstić information content (AvgIpc) is 3.07. The molecule has 0 spiro atoms. The number of amides is 1. The Morgan fingerprint density at radius 2 is 1.90 bits per heavy atom. The Labute approximate surface area is 125 Å². The van der Waals surface area contributed by atoms with E-state index < -0.39 is 0 Å². The quantitative estimate of drug-likeness (QED) is 0.810. The van der Waals surface area contributed by atoms with E-state index >= 15 is 0 Å². The van der Waals surface area contributed by atoms with E-state index in [-0.39, 0.29) is 11.7 Å². The molecule has 1 aliphatic rings. The highest BCUT2D eigenvalue weighted by Crippen LogP contribution is 2.26. The Morgan fingerprint density at radius 1 is 1.15 bits per heavy atom. The van der Waals surface area contributed by atoms with Crippen molar-refractivity contribution in [2.24, 2.45) is 0 Å². The topological polar surface area (TPSA) is 37.4 Å². The van der Waals surface area contributed by atoms with Crippen molar-refractivity contribution in [3.05, 3.63) is 51.2 Å². The Hall–Kier alpha value is -1.65. The minimum atomic E-state index is -0.0406. The van der Waals surface area contributed by atoms with E-state index in [1.807, 2.05) is 12.1 Å². The van der Waals surface area contributed by atoms with Gasteiger partial charge in [0.2, 0.25) is 11.7 Å². The van der Waals surface area contributed by atoms with E-state index in [0.29, 0.717) is 21.2 Å². The van der Waals surface area contributed by atoms with Crippen molar-refractivity contribution in [2.75, 3.05) is 11.4 Å². The first-order valence-electron chi connectivity index (χ1n) is 6.35. The first-order valence-corrected chi connectivity index (χ1v) is 7.55. The lowest BCUT2D eigenvalue weighted by Crippen LogP contribution is -2.23. The highest BCUT2D eigenvalue weighted by atomic mass is 35.5. The summed E-state index contributed by atoms with van der Waals surface area (Å²) in [6, 6.07) is 10.6. The predicted molar refractivity (Wildman–Crippen MR) is 80.8 cm³/mol. The van der Waals surface area contributed by atoms with Crippen molar-refractivity contribution >= 4 is 40.3 Å². The second kappa shape index (κ2) is 5.38. The van der Waals surface area contributed by atoms with E-state index in [0.717, 1.165) is 18.7 Å². The first-order chi connectivity index (χ1) is 9.65. The summed E-state index contributed by atoms with van der Waals surface area (Å²) >= 11 is 7.11. The van der Waals surface area contributed by atoms with Crippen LogP contribution < -0.4 is 4.90 Å². The SMILES string of the molecule is O=C(c1ccc(N2CCCC2=O)cc1)c1ccc(Cl)s1. The smallest absolute Gasteiger partial charge is 0.227 e. The standard InChI is InChI=1S/C15H12ClNO2S/c16-13-8-7-12(20-13)15(19)10-3-5-11(6-4-10)17-9-1-2-14(17)18/h3-8H,1-2,9H2. The molecule has 3 nitrogen and oxygen atoms in total. The highest BCUT2D eigenvalue weighted by Gasteiger charge is 2.21. The van der Waals surface area contributed by atoms with Crippen molar-refractivity contribution in [3.8, 4) is 0 Å². The van der Waals surface area contributed by atoms with Gasteiger partial charge in [0.15, 0.2) is 0 Å². The van der Waals surface area contributed by atoms with Crippen molar-refractivity contribution in [1.82, 2.24) is 0 Å². The predicted octanol–water partition coefficient (Wildman–Crippen LogP) is 3.76. The number of ketones is 1. The summed E-state index contributed by atoms with van der Waals surface area (Å²) in [4.78, 5) is 26.3. The van der Waals surface area contributed by atoms with Crippen LogP contribution >= 0.6 is 22.9 Å². The summed E-state index contributed by atoms with van der Waals surface area (Å²) in [7, 11) is 0. The number of anilines is 1. The molecular formula is C15H12ClNO2S. The van der Waals surface area contributed by atoms with Crippen LogP contribution in [0.1, 0.15) is 28.1 Å². The maximum atomic E-state index is 12.2. The molecule has 5 heteroatoms. The third-order valence-electron chi connectivity index (χ3n) is 3.31. The molecule has 102 valence electrons. The van der Waals surface area contributed by atoms with E-state index in [2.05, 4.69) is 0 Å². The van der Waals surface area contributed by atoms with Crippen LogP contribution in [-0.2, 0) is 4.79 Å². The fraction of sp³-hybridized carbons (Fsp3) is 0.200. The molecule has 1 amide bonds. The lowest BCUT2D eigenvalue weighted by Gasteiger charge is -2.15. The van der Waals surface area contributed by atoms with Gasteiger partial charge in [-0.1, -0.05) is 11.6 Å². The Kier molecular flexibility index (Phi) is 3.59. The van der Waals surface area contributed by atoms with Gasteiger partial charge in [-0.25, -0.2) is 0 Å². The monoisotopic (exact) mass is 305 g/mol. The molecule has 3 rings (SSSR count). The van der Waals surface area contributed by atoms with Gasteiger partial charge in [0.25, 0.3) is 0 Å². The zero-order chi connectivity index (χ0) is 14.1. The number of nitrogens with zero attached hydrogens (tertiary/aromatic N) is 1. The van der Waals surface area contributed by atoms with Gasteiger partial charge in [-0.2, -0.15) is 0 Å². The summed E-state index contributed by atoms with van der Waals surface area (Å²) in [5.74, 6) is 0.107. The molecule has 0 aliphatic carbocycles. The van der Waals surface area contributed by atoms with Crippen LogP contribution in [0.4, 0.5) is 5.69 Å². The largest absolute Gasteiger partial charge is 0.312 e. The maximum Gasteiger partial charge on any atom is 0.227 e. The zero-order valence-corrected chi connectivity index (χ0v) is 12.2. The fourth-order valence-electron chi connectivity index (χ4n) is 2.29. The van der Waals surface area contributed by atoms with Gasteiger partial charge in [-0.15, -0.1) is 11.3 Å². The summed E-state index contributed by atoms with van der Waals surface area (Å²) in [5.41, 5.74) is 1.46. The number of hydrogen-bond donors (Lipinski definition) is 0. The molecule has 0 N–H and O–H groups in total. The minimum Gasteiger partial charge on any atom is -0.312 e. The van der Waals surface area contributed by atoms with Gasteiger partial charge < -0.3 is 4.90 Å². The minimum absolute atomic E-state index is 0.0406. The highest BCUT2D eigenvalue weighted by molar-refractivity contribution is 7.18. The summed E-state index contributed by atoms with van der Waals surface area (Å²) in [6.07, 6.45) is 1.50. The molecule has 0 unspecified atom stereocenters. The van der Waals surface area contributed by atoms with Gasteiger partial charge in [0.1, 0.15) is 0 Å². The van der Waals surface area contributed by atoms with E-state index in [1.54, 1.807) is 29.2 Å². The van der Waals surface area contributed by atoms with Crippen molar-refractivity contribution in [3.63, 3.8) is 0 Å². The molecule has 1 aromatic carbocycles. The van der Waals surface area contributed by atoms with E-state index in [4.69, 9.17) is 11.6 Å². The van der Waals surface area contributed by atoms with Crippen LogP contribution in [0, 0.1) is 0 Å². The van der Waals surface area contributed by atoms with Gasteiger partial charge >= 0.3 is 0 Å². The molecule has 0 atom stereocenters. The Morgan fingerprint density at radius 3 is 2.45 bits per heavy atom. The second-order valence-corrected chi connectivity index (χ2v) is 6.34. The molecular weight excluding hydrogens is 294 g/mol.